The molecule has 1 aromatic carbocycles. The highest BCUT2D eigenvalue weighted by molar-refractivity contribution is 9.09. The zero-order valence-electron chi connectivity index (χ0n) is 11.8. The van der Waals surface area contributed by atoms with Crippen LogP contribution in [0.4, 0.5) is 5.69 Å². The molecule has 1 aliphatic rings. The molecule has 2 unspecified atom stereocenters. The summed E-state index contributed by atoms with van der Waals surface area (Å²) in [4.78, 5) is 4.59. The fourth-order valence-electron chi connectivity index (χ4n) is 2.96. The van der Waals surface area contributed by atoms with Gasteiger partial charge in [0.25, 0.3) is 0 Å². The smallest absolute Gasteiger partial charge is 0.0576 e. The Morgan fingerprint density at radius 2 is 2.05 bits per heavy atom. The summed E-state index contributed by atoms with van der Waals surface area (Å²) < 4.78 is 0. The molecule has 0 radical (unpaired) electrons. The molecule has 0 amide bonds. The number of rotatable bonds is 3. The number of alkyl halides is 1. The van der Waals surface area contributed by atoms with Crippen LogP contribution in [0.5, 0.6) is 0 Å². The number of thiophene rings is 1. The molecule has 2 atom stereocenters. The number of hydrogen-bond donors (Lipinski definition) is 0. The van der Waals surface area contributed by atoms with E-state index < -0.39 is 0 Å². The summed E-state index contributed by atoms with van der Waals surface area (Å²) in [6.45, 7) is 4.63. The van der Waals surface area contributed by atoms with Gasteiger partial charge in [-0.1, -0.05) is 53.2 Å². The molecule has 0 saturated carbocycles. The highest BCUT2D eigenvalue weighted by Gasteiger charge is 2.25. The van der Waals surface area contributed by atoms with E-state index in [9.17, 15) is 0 Å². The third kappa shape index (κ3) is 2.94. The Kier molecular flexibility index (Phi) is 4.47. The average Bonchev–Trinajstić information content (AvgIpc) is 2.98. The molecular formula is C17H20BrNS. The van der Waals surface area contributed by atoms with Gasteiger partial charge < -0.3 is 4.90 Å². The highest BCUT2D eigenvalue weighted by atomic mass is 79.9. The van der Waals surface area contributed by atoms with Crippen LogP contribution in [0.25, 0.3) is 10.4 Å². The second-order valence-corrected chi connectivity index (χ2v) is 7.89. The highest BCUT2D eigenvalue weighted by Crippen LogP contribution is 2.38. The van der Waals surface area contributed by atoms with Gasteiger partial charge in [0.1, 0.15) is 0 Å². The Balaban J connectivity index is 1.86. The summed E-state index contributed by atoms with van der Waals surface area (Å²) in [5.74, 6) is 0.757. The van der Waals surface area contributed by atoms with Crippen LogP contribution in [0, 0.1) is 5.92 Å². The van der Waals surface area contributed by atoms with Crippen molar-refractivity contribution >= 4 is 33.0 Å². The van der Waals surface area contributed by atoms with Crippen LogP contribution in [0.1, 0.15) is 19.8 Å². The van der Waals surface area contributed by atoms with E-state index in [1.165, 1.54) is 42.1 Å². The minimum atomic E-state index is 0.601. The molecular weight excluding hydrogens is 330 g/mol. The molecule has 20 heavy (non-hydrogen) atoms. The van der Waals surface area contributed by atoms with Crippen molar-refractivity contribution in [2.45, 2.75) is 24.6 Å². The van der Waals surface area contributed by atoms with E-state index in [1.54, 1.807) is 0 Å². The molecule has 1 saturated heterocycles. The number of benzene rings is 1. The first-order chi connectivity index (χ1) is 9.75. The summed E-state index contributed by atoms with van der Waals surface area (Å²) in [5.41, 5.74) is 2.76. The predicted molar refractivity (Wildman–Crippen MR) is 93.1 cm³/mol. The molecule has 1 nitrogen and oxygen atoms in total. The van der Waals surface area contributed by atoms with Crippen molar-refractivity contribution in [3.63, 3.8) is 0 Å². The van der Waals surface area contributed by atoms with E-state index in [2.05, 4.69) is 69.5 Å². The minimum Gasteiger partial charge on any atom is -0.370 e. The molecule has 0 bridgehead atoms. The van der Waals surface area contributed by atoms with Gasteiger partial charge in [0.2, 0.25) is 0 Å². The largest absolute Gasteiger partial charge is 0.370 e. The zero-order chi connectivity index (χ0) is 13.9. The maximum atomic E-state index is 3.77. The first kappa shape index (κ1) is 14.2. The summed E-state index contributed by atoms with van der Waals surface area (Å²) in [7, 11) is 0. The SMILES string of the molecule is CC(Br)C1CCCN(c2ccsc2-c2ccccc2)C1. The normalized spacial score (nSPS) is 20.9. The van der Waals surface area contributed by atoms with Crippen LogP contribution in [-0.4, -0.2) is 17.9 Å². The fourth-order valence-corrected chi connectivity index (χ4v) is 4.32. The molecule has 106 valence electrons. The summed E-state index contributed by atoms with van der Waals surface area (Å²) in [6, 6.07) is 13.0. The molecule has 1 aliphatic heterocycles. The molecule has 1 aromatic heterocycles. The van der Waals surface area contributed by atoms with Crippen LogP contribution >= 0.6 is 27.3 Å². The second-order valence-electron chi connectivity index (χ2n) is 5.53. The third-order valence-corrected chi connectivity index (χ3v) is 5.83. The Hall–Kier alpha value is -0.800. The lowest BCUT2D eigenvalue weighted by Gasteiger charge is -2.35. The van der Waals surface area contributed by atoms with E-state index in [1.807, 2.05) is 11.3 Å². The lowest BCUT2D eigenvalue weighted by molar-refractivity contribution is 0.417. The van der Waals surface area contributed by atoms with Crippen molar-refractivity contribution in [2.75, 3.05) is 18.0 Å². The maximum absolute atomic E-state index is 3.77. The van der Waals surface area contributed by atoms with Gasteiger partial charge in [-0.15, -0.1) is 11.3 Å². The van der Waals surface area contributed by atoms with Gasteiger partial charge in [0, 0.05) is 17.9 Å². The molecule has 2 aromatic rings. The third-order valence-electron chi connectivity index (χ3n) is 4.13. The van der Waals surface area contributed by atoms with Gasteiger partial charge in [-0.05, 0) is 35.8 Å². The van der Waals surface area contributed by atoms with Crippen molar-refractivity contribution in [3.05, 3.63) is 41.8 Å². The molecule has 1 fully saturated rings. The predicted octanol–water partition coefficient (Wildman–Crippen LogP) is 5.41. The Morgan fingerprint density at radius 1 is 1.25 bits per heavy atom. The Labute approximate surface area is 133 Å². The molecule has 0 aliphatic carbocycles. The van der Waals surface area contributed by atoms with Crippen molar-refractivity contribution in [3.8, 4) is 10.4 Å². The van der Waals surface area contributed by atoms with Gasteiger partial charge in [-0.2, -0.15) is 0 Å². The maximum Gasteiger partial charge on any atom is 0.0576 e. The van der Waals surface area contributed by atoms with Gasteiger partial charge in [-0.3, -0.25) is 0 Å². The zero-order valence-corrected chi connectivity index (χ0v) is 14.2. The van der Waals surface area contributed by atoms with E-state index in [0.717, 1.165) is 5.92 Å². The van der Waals surface area contributed by atoms with E-state index >= 15 is 0 Å². The van der Waals surface area contributed by atoms with Gasteiger partial charge in [0.15, 0.2) is 0 Å². The van der Waals surface area contributed by atoms with Crippen molar-refractivity contribution in [1.82, 2.24) is 0 Å². The monoisotopic (exact) mass is 349 g/mol. The summed E-state index contributed by atoms with van der Waals surface area (Å²) in [6.07, 6.45) is 2.64. The van der Waals surface area contributed by atoms with Crippen LogP contribution in [0.2, 0.25) is 0 Å². The van der Waals surface area contributed by atoms with Crippen LogP contribution in [-0.2, 0) is 0 Å². The van der Waals surface area contributed by atoms with Crippen LogP contribution in [0.3, 0.4) is 0 Å². The minimum absolute atomic E-state index is 0.601. The van der Waals surface area contributed by atoms with E-state index in [4.69, 9.17) is 0 Å². The summed E-state index contributed by atoms with van der Waals surface area (Å²) in [5, 5.41) is 2.22. The van der Waals surface area contributed by atoms with E-state index in [0.29, 0.717) is 4.83 Å². The van der Waals surface area contributed by atoms with Crippen molar-refractivity contribution in [1.29, 1.82) is 0 Å². The van der Waals surface area contributed by atoms with Crippen LogP contribution in [0.15, 0.2) is 41.8 Å². The number of hydrogen-bond acceptors (Lipinski definition) is 2. The molecule has 0 spiro atoms. The lowest BCUT2D eigenvalue weighted by atomic mass is 9.95. The topological polar surface area (TPSA) is 3.24 Å². The Morgan fingerprint density at radius 3 is 2.80 bits per heavy atom. The molecule has 3 heteroatoms. The number of piperidine rings is 1. The molecule has 0 N–H and O–H groups in total. The number of anilines is 1. The first-order valence-corrected chi connectivity index (χ1v) is 9.07. The molecule has 2 heterocycles. The van der Waals surface area contributed by atoms with Gasteiger partial charge in [0.05, 0.1) is 10.6 Å². The second kappa shape index (κ2) is 6.31. The average molecular weight is 350 g/mol. The van der Waals surface area contributed by atoms with Crippen LogP contribution < -0.4 is 4.90 Å². The van der Waals surface area contributed by atoms with Gasteiger partial charge in [-0.25, -0.2) is 0 Å². The lowest BCUT2D eigenvalue weighted by Crippen LogP contribution is -2.38. The molecule has 3 rings (SSSR count). The summed E-state index contributed by atoms with van der Waals surface area (Å²) >= 11 is 5.62. The fraction of sp³-hybridized carbons (Fsp3) is 0.412. The van der Waals surface area contributed by atoms with Crippen molar-refractivity contribution in [2.24, 2.45) is 5.92 Å². The van der Waals surface area contributed by atoms with Gasteiger partial charge >= 0.3 is 0 Å². The van der Waals surface area contributed by atoms with E-state index in [-0.39, 0.29) is 0 Å². The quantitative estimate of drug-likeness (QED) is 0.669. The number of halogens is 1. The Bertz CT molecular complexity index is 549. The van der Waals surface area contributed by atoms with Crippen molar-refractivity contribution < 1.29 is 0 Å². The number of nitrogens with zero attached hydrogens (tertiary/aromatic N) is 1. The standard InChI is InChI=1S/C17H20BrNS/c1-13(18)15-8-5-10-19(12-15)16-9-11-20-17(16)14-6-3-2-4-7-14/h2-4,6-7,9,11,13,15H,5,8,10,12H2,1H3. The first-order valence-electron chi connectivity index (χ1n) is 7.27.